The van der Waals surface area contributed by atoms with Crippen molar-refractivity contribution in [3.05, 3.63) is 47.4 Å². The zero-order chi connectivity index (χ0) is 21.1. The summed E-state index contributed by atoms with van der Waals surface area (Å²) in [6.07, 6.45) is 2.44. The van der Waals surface area contributed by atoms with E-state index in [0.717, 1.165) is 35.3 Å². The summed E-state index contributed by atoms with van der Waals surface area (Å²) in [5.41, 5.74) is 9.56. The second-order valence-electron chi connectivity index (χ2n) is 7.23. The van der Waals surface area contributed by atoms with Crippen LogP contribution in [0.25, 0.3) is 5.52 Å². The van der Waals surface area contributed by atoms with Crippen molar-refractivity contribution < 1.29 is 14.2 Å². The van der Waals surface area contributed by atoms with Gasteiger partial charge in [0.15, 0.2) is 5.82 Å². The van der Waals surface area contributed by atoms with Crippen LogP contribution in [0.15, 0.2) is 30.6 Å². The standard InChI is InChI=1S/C22H25N5O3/c1-28-12-17-8-16(11-24-17)20-9-15(21-22(23)25-13-26-27(20)21)5-4-14-6-18(29-2)10-19(7-14)30-3/h6-7,9-10,13,16-17,24H,8,11-12H2,1-3H3,(H2,23,25,26)/t16?,17-/m1/s1. The molecule has 2 aromatic heterocycles. The van der Waals surface area contributed by atoms with Gasteiger partial charge in [-0.3, -0.25) is 0 Å². The van der Waals surface area contributed by atoms with E-state index in [-0.39, 0.29) is 0 Å². The van der Waals surface area contributed by atoms with E-state index in [0.29, 0.717) is 35.9 Å². The van der Waals surface area contributed by atoms with E-state index in [1.54, 1.807) is 21.3 Å². The number of ether oxygens (including phenoxy) is 3. The topological polar surface area (TPSA) is 95.9 Å². The molecule has 1 unspecified atom stereocenters. The quantitative estimate of drug-likeness (QED) is 0.623. The van der Waals surface area contributed by atoms with Gasteiger partial charge in [0.1, 0.15) is 23.3 Å². The number of anilines is 1. The Morgan fingerprint density at radius 2 is 1.90 bits per heavy atom. The van der Waals surface area contributed by atoms with E-state index < -0.39 is 0 Å². The molecule has 30 heavy (non-hydrogen) atoms. The summed E-state index contributed by atoms with van der Waals surface area (Å²) in [6, 6.07) is 7.93. The molecule has 1 aliphatic rings. The minimum atomic E-state index is 0.291. The Balaban J connectivity index is 1.74. The van der Waals surface area contributed by atoms with E-state index in [1.807, 2.05) is 22.7 Å². The monoisotopic (exact) mass is 407 g/mol. The molecule has 1 aromatic carbocycles. The van der Waals surface area contributed by atoms with Gasteiger partial charge in [-0.1, -0.05) is 11.8 Å². The maximum Gasteiger partial charge on any atom is 0.152 e. The van der Waals surface area contributed by atoms with Gasteiger partial charge in [-0.15, -0.1) is 0 Å². The lowest BCUT2D eigenvalue weighted by Crippen LogP contribution is -2.25. The number of nitrogens with two attached hydrogens (primary N) is 1. The van der Waals surface area contributed by atoms with Crippen LogP contribution in [0.2, 0.25) is 0 Å². The van der Waals surface area contributed by atoms with Crippen molar-refractivity contribution in [1.29, 1.82) is 0 Å². The molecule has 8 nitrogen and oxygen atoms in total. The molecule has 4 rings (SSSR count). The molecule has 8 heteroatoms. The van der Waals surface area contributed by atoms with Gasteiger partial charge < -0.3 is 25.3 Å². The van der Waals surface area contributed by atoms with Crippen LogP contribution in [0.5, 0.6) is 11.5 Å². The van der Waals surface area contributed by atoms with Crippen molar-refractivity contribution >= 4 is 11.3 Å². The maximum atomic E-state index is 6.19. The Morgan fingerprint density at radius 3 is 2.60 bits per heavy atom. The van der Waals surface area contributed by atoms with Crippen LogP contribution >= 0.6 is 0 Å². The number of benzene rings is 1. The molecule has 1 aliphatic heterocycles. The largest absolute Gasteiger partial charge is 0.497 e. The zero-order valence-electron chi connectivity index (χ0n) is 17.3. The van der Waals surface area contributed by atoms with Crippen LogP contribution in [0.4, 0.5) is 5.82 Å². The molecule has 0 radical (unpaired) electrons. The number of nitrogen functional groups attached to an aromatic ring is 1. The smallest absolute Gasteiger partial charge is 0.152 e. The van der Waals surface area contributed by atoms with E-state index >= 15 is 0 Å². The molecule has 3 heterocycles. The number of hydrogen-bond donors (Lipinski definition) is 2. The summed E-state index contributed by atoms with van der Waals surface area (Å²) in [6.45, 7) is 1.53. The molecule has 1 fully saturated rings. The van der Waals surface area contributed by atoms with Gasteiger partial charge in [-0.2, -0.15) is 5.10 Å². The minimum Gasteiger partial charge on any atom is -0.497 e. The summed E-state index contributed by atoms with van der Waals surface area (Å²) < 4.78 is 17.8. The number of fused-ring (bicyclic) bond motifs is 1. The van der Waals surface area contributed by atoms with E-state index in [2.05, 4.69) is 33.3 Å². The number of aromatic nitrogens is 3. The molecule has 2 atom stereocenters. The fourth-order valence-electron chi connectivity index (χ4n) is 3.87. The Hall–Kier alpha value is -3.28. The Labute approximate surface area is 175 Å². The summed E-state index contributed by atoms with van der Waals surface area (Å²) in [7, 11) is 4.95. The lowest BCUT2D eigenvalue weighted by Gasteiger charge is -2.09. The normalized spacial score (nSPS) is 18.2. The van der Waals surface area contributed by atoms with Crippen molar-refractivity contribution in [2.24, 2.45) is 0 Å². The molecular weight excluding hydrogens is 382 g/mol. The third-order valence-electron chi connectivity index (χ3n) is 5.31. The highest BCUT2D eigenvalue weighted by Crippen LogP contribution is 2.30. The molecule has 0 spiro atoms. The second kappa shape index (κ2) is 8.61. The molecule has 156 valence electrons. The van der Waals surface area contributed by atoms with Crippen molar-refractivity contribution in [2.75, 3.05) is 40.2 Å². The third kappa shape index (κ3) is 3.90. The second-order valence-corrected chi connectivity index (χ2v) is 7.23. The molecule has 3 N–H and O–H groups in total. The van der Waals surface area contributed by atoms with Gasteiger partial charge in [0.2, 0.25) is 0 Å². The predicted molar refractivity (Wildman–Crippen MR) is 114 cm³/mol. The highest BCUT2D eigenvalue weighted by Gasteiger charge is 2.28. The van der Waals surface area contributed by atoms with Crippen LogP contribution in [0.1, 0.15) is 29.2 Å². The average Bonchev–Trinajstić information content (AvgIpc) is 3.37. The highest BCUT2D eigenvalue weighted by atomic mass is 16.5. The molecule has 0 amide bonds. The summed E-state index contributed by atoms with van der Waals surface area (Å²) >= 11 is 0. The highest BCUT2D eigenvalue weighted by molar-refractivity contribution is 5.76. The number of nitrogens with zero attached hydrogens (tertiary/aromatic N) is 3. The number of nitrogens with one attached hydrogen (secondary N) is 1. The van der Waals surface area contributed by atoms with Gasteiger partial charge in [0.25, 0.3) is 0 Å². The van der Waals surface area contributed by atoms with Gasteiger partial charge in [0.05, 0.1) is 26.4 Å². The van der Waals surface area contributed by atoms with E-state index in [4.69, 9.17) is 19.9 Å². The Bertz CT molecular complexity index is 1090. The first-order valence-electron chi connectivity index (χ1n) is 9.72. The lowest BCUT2D eigenvalue weighted by molar-refractivity contribution is 0.173. The fourth-order valence-corrected chi connectivity index (χ4v) is 3.87. The molecule has 0 saturated carbocycles. The van der Waals surface area contributed by atoms with Gasteiger partial charge in [0, 0.05) is 42.9 Å². The predicted octanol–water partition coefficient (Wildman–Crippen LogP) is 1.82. The molecule has 0 aliphatic carbocycles. The summed E-state index contributed by atoms with van der Waals surface area (Å²) in [4.78, 5) is 4.16. The van der Waals surface area contributed by atoms with Crippen LogP contribution in [0.3, 0.4) is 0 Å². The van der Waals surface area contributed by atoms with Crippen LogP contribution in [-0.4, -0.2) is 55.1 Å². The maximum absolute atomic E-state index is 6.19. The van der Waals surface area contributed by atoms with Crippen LogP contribution < -0.4 is 20.5 Å². The number of hydrogen-bond acceptors (Lipinski definition) is 7. The number of rotatable bonds is 5. The first-order chi connectivity index (χ1) is 14.6. The van der Waals surface area contributed by atoms with Gasteiger partial charge >= 0.3 is 0 Å². The molecule has 3 aromatic rings. The minimum absolute atomic E-state index is 0.291. The van der Waals surface area contributed by atoms with Crippen molar-refractivity contribution in [3.8, 4) is 23.3 Å². The molecule has 0 bridgehead atoms. The van der Waals surface area contributed by atoms with Crippen LogP contribution in [0, 0.1) is 11.8 Å². The number of methoxy groups -OCH3 is 3. The van der Waals surface area contributed by atoms with E-state index in [9.17, 15) is 0 Å². The molecular formula is C22H25N5O3. The summed E-state index contributed by atoms with van der Waals surface area (Å²) in [5.74, 6) is 8.50. The van der Waals surface area contributed by atoms with Crippen molar-refractivity contribution in [2.45, 2.75) is 18.4 Å². The lowest BCUT2D eigenvalue weighted by atomic mass is 10.0. The molecule has 1 saturated heterocycles. The fraction of sp³-hybridized carbons (Fsp3) is 0.364. The van der Waals surface area contributed by atoms with E-state index in [1.165, 1.54) is 6.33 Å². The third-order valence-corrected chi connectivity index (χ3v) is 5.31. The Kier molecular flexibility index (Phi) is 5.74. The SMILES string of the molecule is COC[C@H]1CC(c2cc(C#Cc3cc(OC)cc(OC)c3)c3c(N)ncnn23)CN1. The summed E-state index contributed by atoms with van der Waals surface area (Å²) in [5, 5.41) is 7.95. The first-order valence-corrected chi connectivity index (χ1v) is 9.72. The van der Waals surface area contributed by atoms with Crippen LogP contribution in [-0.2, 0) is 4.74 Å². The van der Waals surface area contributed by atoms with Gasteiger partial charge in [-0.05, 0) is 24.6 Å². The first kappa shape index (κ1) is 20.0. The van der Waals surface area contributed by atoms with Crippen molar-refractivity contribution in [1.82, 2.24) is 19.9 Å². The zero-order valence-corrected chi connectivity index (χ0v) is 17.3. The Morgan fingerprint density at radius 1 is 1.13 bits per heavy atom. The van der Waals surface area contributed by atoms with Gasteiger partial charge in [-0.25, -0.2) is 9.50 Å². The average molecular weight is 407 g/mol. The van der Waals surface area contributed by atoms with Crippen molar-refractivity contribution in [3.63, 3.8) is 0 Å².